The van der Waals surface area contributed by atoms with Gasteiger partial charge in [-0.3, -0.25) is 14.4 Å². The molecule has 0 aliphatic carbocycles. The van der Waals surface area contributed by atoms with E-state index in [0.717, 1.165) is 23.1 Å². The van der Waals surface area contributed by atoms with Gasteiger partial charge in [0.15, 0.2) is 15.7 Å². The van der Waals surface area contributed by atoms with Gasteiger partial charge in [0.05, 0.1) is 23.4 Å². The second-order valence-electron chi connectivity index (χ2n) is 7.52. The Morgan fingerprint density at radius 3 is 2.48 bits per heavy atom. The third kappa shape index (κ3) is 6.71. The lowest BCUT2D eigenvalue weighted by Crippen LogP contribution is -2.43. The number of anilines is 1. The van der Waals surface area contributed by atoms with Crippen LogP contribution in [-0.2, 0) is 19.1 Å². The van der Waals surface area contributed by atoms with Gasteiger partial charge < -0.3 is 14.6 Å². The molecule has 1 aromatic heterocycles. The number of Topliss-reactive ketones (excluding diaryl/α,β-unsaturated/α-hetero) is 1. The van der Waals surface area contributed by atoms with Crippen molar-refractivity contribution in [3.05, 3.63) is 22.2 Å². The van der Waals surface area contributed by atoms with Crippen molar-refractivity contribution in [2.45, 2.75) is 58.4 Å². The van der Waals surface area contributed by atoms with Gasteiger partial charge in [0.25, 0.3) is 5.91 Å². The number of benzene rings is 1. The zero-order valence-electron chi connectivity index (χ0n) is 18.0. The molecule has 1 aromatic carbocycles. The number of aromatic nitrogens is 1. The number of fused-ring (bicyclic) bond motifs is 1. The molecule has 0 aliphatic heterocycles. The molecule has 2 rings (SSSR count). The number of nitrogens with zero attached hydrogens (tertiary/aromatic N) is 2. The van der Waals surface area contributed by atoms with Gasteiger partial charge in [0.2, 0.25) is 0 Å². The Kier molecular flexibility index (Phi) is 9.34. The highest BCUT2D eigenvalue weighted by Crippen LogP contribution is 2.28. The third-order valence-electron chi connectivity index (χ3n) is 4.92. The van der Waals surface area contributed by atoms with Crippen molar-refractivity contribution in [1.82, 2.24) is 4.98 Å². The van der Waals surface area contributed by atoms with Crippen LogP contribution in [0.25, 0.3) is 10.2 Å². The lowest BCUT2D eigenvalue weighted by molar-refractivity contribution is -0.140. The molecular formula is C22H27N3O4S2. The van der Waals surface area contributed by atoms with Crippen LogP contribution in [0, 0.1) is 21.2 Å². The number of methoxy groups -OCH3 is 1. The number of carbonyl (C=O) groups is 3. The standard InChI is InChI=1S/C22H27N3O4S2/c1-14(2)25(15-10-11-17-19(12-15)31-22(30)24-17)21(28)16(13-23)18(26)8-6-4-5-7-9-20(27)29-3/h10-12,14,16H,4-9H2,1-3H3,(H,24,30). The maximum absolute atomic E-state index is 13.1. The van der Waals surface area contributed by atoms with E-state index in [0.29, 0.717) is 28.9 Å². The van der Waals surface area contributed by atoms with E-state index >= 15 is 0 Å². The number of ether oxygens (including phenoxy) is 1. The van der Waals surface area contributed by atoms with Gasteiger partial charge in [-0.1, -0.05) is 12.8 Å². The molecule has 1 unspecified atom stereocenters. The summed E-state index contributed by atoms with van der Waals surface area (Å²) in [7, 11) is 1.35. The normalized spacial score (nSPS) is 11.8. The van der Waals surface area contributed by atoms with Crippen molar-refractivity contribution in [2.24, 2.45) is 5.92 Å². The molecular weight excluding hydrogens is 434 g/mol. The molecule has 0 saturated carbocycles. The van der Waals surface area contributed by atoms with Gasteiger partial charge in [0.1, 0.15) is 0 Å². The van der Waals surface area contributed by atoms with Gasteiger partial charge in [-0.05, 0) is 57.1 Å². The number of H-pyrrole nitrogens is 1. The van der Waals surface area contributed by atoms with Crippen molar-refractivity contribution in [3.63, 3.8) is 0 Å². The number of aromatic amines is 1. The number of ketones is 1. The summed E-state index contributed by atoms with van der Waals surface area (Å²) in [6.07, 6.45) is 3.31. The number of hydrogen-bond acceptors (Lipinski definition) is 7. The number of unbranched alkanes of at least 4 members (excludes halogenated alkanes) is 3. The summed E-state index contributed by atoms with van der Waals surface area (Å²) in [5.74, 6) is -2.46. The lowest BCUT2D eigenvalue weighted by Gasteiger charge is -2.28. The van der Waals surface area contributed by atoms with E-state index in [1.165, 1.54) is 23.3 Å². The van der Waals surface area contributed by atoms with Crippen molar-refractivity contribution in [3.8, 4) is 6.07 Å². The second kappa shape index (κ2) is 11.7. The minimum atomic E-state index is -1.34. The Labute approximate surface area is 191 Å². The highest BCUT2D eigenvalue weighted by molar-refractivity contribution is 7.73. The lowest BCUT2D eigenvalue weighted by atomic mass is 9.97. The number of amides is 1. The Morgan fingerprint density at radius 1 is 1.19 bits per heavy atom. The summed E-state index contributed by atoms with van der Waals surface area (Å²) in [6.45, 7) is 3.70. The fourth-order valence-electron chi connectivity index (χ4n) is 3.34. The van der Waals surface area contributed by atoms with Crippen molar-refractivity contribution in [2.75, 3.05) is 12.0 Å². The largest absolute Gasteiger partial charge is 0.469 e. The smallest absolute Gasteiger partial charge is 0.305 e. The van der Waals surface area contributed by atoms with Crippen LogP contribution in [0.3, 0.4) is 0 Å². The highest BCUT2D eigenvalue weighted by atomic mass is 32.1. The van der Waals surface area contributed by atoms with E-state index in [4.69, 9.17) is 12.2 Å². The average molecular weight is 462 g/mol. The van der Waals surface area contributed by atoms with E-state index in [-0.39, 0.29) is 24.2 Å². The van der Waals surface area contributed by atoms with E-state index in [1.54, 1.807) is 6.07 Å². The van der Waals surface area contributed by atoms with Crippen LogP contribution in [0.5, 0.6) is 0 Å². The molecule has 7 nitrogen and oxygen atoms in total. The SMILES string of the molecule is COC(=O)CCCCCCC(=O)C(C#N)C(=O)N(c1ccc2[nH]c(=S)sc2c1)C(C)C. The molecule has 0 bridgehead atoms. The van der Waals surface area contributed by atoms with Crippen molar-refractivity contribution >= 4 is 57.1 Å². The fraction of sp³-hybridized carbons (Fsp3) is 0.500. The minimum absolute atomic E-state index is 0.159. The summed E-state index contributed by atoms with van der Waals surface area (Å²) in [4.78, 5) is 41.5. The molecule has 9 heteroatoms. The monoisotopic (exact) mass is 461 g/mol. The average Bonchev–Trinajstić information content (AvgIpc) is 3.10. The highest BCUT2D eigenvalue weighted by Gasteiger charge is 2.32. The summed E-state index contributed by atoms with van der Waals surface area (Å²) in [6, 6.07) is 7.16. The number of esters is 1. The number of nitriles is 1. The van der Waals surface area contributed by atoms with E-state index in [9.17, 15) is 19.6 Å². The molecule has 2 aromatic rings. The van der Waals surface area contributed by atoms with Crippen LogP contribution >= 0.6 is 23.6 Å². The van der Waals surface area contributed by atoms with E-state index < -0.39 is 11.8 Å². The van der Waals surface area contributed by atoms with E-state index in [1.807, 2.05) is 32.0 Å². The van der Waals surface area contributed by atoms with Crippen molar-refractivity contribution in [1.29, 1.82) is 5.26 Å². The number of nitrogens with one attached hydrogen (secondary N) is 1. The second-order valence-corrected chi connectivity index (χ2v) is 9.23. The van der Waals surface area contributed by atoms with E-state index in [2.05, 4.69) is 9.72 Å². The van der Waals surface area contributed by atoms with Crippen LogP contribution < -0.4 is 4.90 Å². The Morgan fingerprint density at radius 2 is 1.87 bits per heavy atom. The van der Waals surface area contributed by atoms with Gasteiger partial charge in [-0.2, -0.15) is 5.26 Å². The zero-order valence-corrected chi connectivity index (χ0v) is 19.6. The topological polar surface area (TPSA) is 103 Å². The predicted octanol–water partition coefficient (Wildman–Crippen LogP) is 4.92. The number of thiazole rings is 1. The predicted molar refractivity (Wildman–Crippen MR) is 123 cm³/mol. The number of carbonyl (C=O) groups excluding carboxylic acids is 3. The van der Waals surface area contributed by atoms with Gasteiger partial charge in [-0.25, -0.2) is 0 Å². The van der Waals surface area contributed by atoms with Gasteiger partial charge in [0, 0.05) is 24.6 Å². The van der Waals surface area contributed by atoms with Gasteiger partial charge >= 0.3 is 5.97 Å². The fourth-order valence-corrected chi connectivity index (χ4v) is 4.49. The first kappa shape index (κ1) is 24.7. The number of hydrogen-bond donors (Lipinski definition) is 1. The van der Waals surface area contributed by atoms with Crippen molar-refractivity contribution < 1.29 is 19.1 Å². The molecule has 1 amide bonds. The first-order chi connectivity index (χ1) is 14.8. The summed E-state index contributed by atoms with van der Waals surface area (Å²) in [5, 5.41) is 9.56. The minimum Gasteiger partial charge on any atom is -0.469 e. The number of rotatable bonds is 11. The van der Waals surface area contributed by atoms with Crippen LogP contribution in [-0.4, -0.2) is 35.8 Å². The summed E-state index contributed by atoms with van der Waals surface area (Å²) < 4.78 is 6.15. The Balaban J connectivity index is 2.03. The van der Waals surface area contributed by atoms with Crippen LogP contribution in [0.15, 0.2) is 18.2 Å². The molecule has 1 heterocycles. The van der Waals surface area contributed by atoms with Crippen LogP contribution in [0.2, 0.25) is 0 Å². The summed E-state index contributed by atoms with van der Waals surface area (Å²) in [5.41, 5.74) is 1.52. The molecule has 0 aliphatic rings. The molecule has 1 atom stereocenters. The molecule has 0 radical (unpaired) electrons. The molecule has 31 heavy (non-hydrogen) atoms. The molecule has 0 saturated heterocycles. The first-order valence-corrected chi connectivity index (χ1v) is 11.5. The Hall–Kier alpha value is -2.57. The zero-order chi connectivity index (χ0) is 23.0. The summed E-state index contributed by atoms with van der Waals surface area (Å²) >= 11 is 6.59. The quantitative estimate of drug-likeness (QED) is 0.220. The van der Waals surface area contributed by atoms with Crippen LogP contribution in [0.1, 0.15) is 52.4 Å². The Bertz CT molecular complexity index is 1040. The maximum Gasteiger partial charge on any atom is 0.305 e. The molecule has 166 valence electrons. The molecule has 0 spiro atoms. The first-order valence-electron chi connectivity index (χ1n) is 10.2. The molecule has 1 N–H and O–H groups in total. The maximum atomic E-state index is 13.1. The third-order valence-corrected chi connectivity index (χ3v) is 6.11. The van der Waals surface area contributed by atoms with Gasteiger partial charge in [-0.15, -0.1) is 11.3 Å². The van der Waals surface area contributed by atoms with Crippen LogP contribution in [0.4, 0.5) is 5.69 Å². The molecule has 0 fully saturated rings.